The summed E-state index contributed by atoms with van der Waals surface area (Å²) >= 11 is 1.63. The predicted molar refractivity (Wildman–Crippen MR) is 55.4 cm³/mol. The highest BCUT2D eigenvalue weighted by atomic mass is 32.1. The number of nitrogen functional groups attached to an aromatic ring is 1. The quantitative estimate of drug-likeness (QED) is 0.564. The van der Waals surface area contributed by atoms with Gasteiger partial charge in [-0.2, -0.15) is 0 Å². The molecule has 2 rings (SSSR count). The van der Waals surface area contributed by atoms with Gasteiger partial charge < -0.3 is 5.43 Å². The van der Waals surface area contributed by atoms with Crippen LogP contribution in [0.3, 0.4) is 0 Å². The van der Waals surface area contributed by atoms with E-state index < -0.39 is 0 Å². The fraction of sp³-hybridized carbons (Fsp3) is 0. The summed E-state index contributed by atoms with van der Waals surface area (Å²) in [5, 5.41) is 2.99. The number of hydrogen-bond acceptors (Lipinski definition) is 4. The number of hydrogen-bond donors (Lipinski definition) is 2. The van der Waals surface area contributed by atoms with Crippen LogP contribution in [0.4, 0.5) is 5.69 Å². The largest absolute Gasteiger partial charge is 0.324 e. The Balaban J connectivity index is 2.33. The van der Waals surface area contributed by atoms with Gasteiger partial charge in [0.2, 0.25) is 0 Å². The smallest absolute Gasteiger partial charge is 0.123 e. The van der Waals surface area contributed by atoms with Crippen LogP contribution in [0.25, 0.3) is 10.6 Å². The summed E-state index contributed by atoms with van der Waals surface area (Å²) in [7, 11) is 0. The van der Waals surface area contributed by atoms with Crippen molar-refractivity contribution in [1.29, 1.82) is 0 Å². The Labute approximate surface area is 80.2 Å². The Morgan fingerprint density at radius 1 is 1.23 bits per heavy atom. The van der Waals surface area contributed by atoms with Gasteiger partial charge in [-0.05, 0) is 24.3 Å². The fourth-order valence-corrected chi connectivity index (χ4v) is 1.72. The number of nitrogens with zero attached hydrogens (tertiary/aromatic N) is 1. The first-order chi connectivity index (χ1) is 6.40. The zero-order valence-electron chi connectivity index (χ0n) is 6.90. The molecule has 0 atom stereocenters. The third-order valence-corrected chi connectivity index (χ3v) is 2.55. The van der Waals surface area contributed by atoms with Crippen molar-refractivity contribution in [2.75, 3.05) is 5.43 Å². The van der Waals surface area contributed by atoms with Crippen molar-refractivity contribution in [2.24, 2.45) is 5.84 Å². The molecule has 0 unspecified atom stereocenters. The van der Waals surface area contributed by atoms with Crippen LogP contribution in [-0.4, -0.2) is 4.98 Å². The highest BCUT2D eigenvalue weighted by molar-refractivity contribution is 7.13. The summed E-state index contributed by atoms with van der Waals surface area (Å²) in [5.74, 6) is 5.26. The van der Waals surface area contributed by atoms with Gasteiger partial charge in [0.05, 0.1) is 0 Å². The highest BCUT2D eigenvalue weighted by Gasteiger charge is 1.98. The molecule has 13 heavy (non-hydrogen) atoms. The predicted octanol–water partition coefficient (Wildman–Crippen LogP) is 2.10. The summed E-state index contributed by atoms with van der Waals surface area (Å²) in [6, 6.07) is 7.84. The molecule has 3 N–H and O–H groups in total. The van der Waals surface area contributed by atoms with Crippen molar-refractivity contribution in [3.05, 3.63) is 35.8 Å². The Bertz CT molecular complexity index is 366. The highest BCUT2D eigenvalue weighted by Crippen LogP contribution is 2.22. The van der Waals surface area contributed by atoms with Crippen LogP contribution in [0.15, 0.2) is 35.8 Å². The second-order valence-corrected chi connectivity index (χ2v) is 3.45. The van der Waals surface area contributed by atoms with Gasteiger partial charge in [0.15, 0.2) is 0 Å². The topological polar surface area (TPSA) is 50.9 Å². The molecular weight excluding hydrogens is 182 g/mol. The van der Waals surface area contributed by atoms with E-state index in [9.17, 15) is 0 Å². The number of nitrogens with two attached hydrogens (primary N) is 1. The van der Waals surface area contributed by atoms with Gasteiger partial charge in [0.25, 0.3) is 0 Å². The summed E-state index contributed by atoms with van der Waals surface area (Å²) in [5.41, 5.74) is 4.60. The van der Waals surface area contributed by atoms with Crippen LogP contribution in [0.2, 0.25) is 0 Å². The fourth-order valence-electron chi connectivity index (χ4n) is 1.08. The molecule has 0 radical (unpaired) electrons. The number of thiazole rings is 1. The van der Waals surface area contributed by atoms with Gasteiger partial charge >= 0.3 is 0 Å². The summed E-state index contributed by atoms with van der Waals surface area (Å²) in [4.78, 5) is 4.21. The van der Waals surface area contributed by atoms with Gasteiger partial charge in [0, 0.05) is 22.8 Å². The lowest BCUT2D eigenvalue weighted by atomic mass is 10.2. The van der Waals surface area contributed by atoms with E-state index in [1.54, 1.807) is 17.5 Å². The second-order valence-electron chi connectivity index (χ2n) is 2.56. The van der Waals surface area contributed by atoms with Gasteiger partial charge in [-0.3, -0.25) is 5.84 Å². The minimum atomic E-state index is 0.903. The summed E-state index contributed by atoms with van der Waals surface area (Å²) < 4.78 is 0. The maximum atomic E-state index is 5.26. The lowest BCUT2D eigenvalue weighted by molar-refractivity contribution is 1.35. The van der Waals surface area contributed by atoms with E-state index in [1.165, 1.54) is 0 Å². The van der Waals surface area contributed by atoms with E-state index in [0.717, 1.165) is 16.3 Å². The average Bonchev–Trinajstić information content (AvgIpc) is 2.71. The molecule has 0 bridgehead atoms. The molecule has 0 aliphatic heterocycles. The maximum Gasteiger partial charge on any atom is 0.123 e. The van der Waals surface area contributed by atoms with E-state index in [0.29, 0.717) is 0 Å². The number of anilines is 1. The molecule has 1 heterocycles. The van der Waals surface area contributed by atoms with Crippen molar-refractivity contribution in [1.82, 2.24) is 4.98 Å². The van der Waals surface area contributed by atoms with Crippen LogP contribution in [-0.2, 0) is 0 Å². The number of nitrogens with one attached hydrogen (secondary N) is 1. The molecule has 1 aromatic heterocycles. The molecule has 0 saturated carbocycles. The van der Waals surface area contributed by atoms with E-state index in [2.05, 4.69) is 10.4 Å². The lowest BCUT2D eigenvalue weighted by Gasteiger charge is -1.99. The first-order valence-corrected chi connectivity index (χ1v) is 4.74. The van der Waals surface area contributed by atoms with E-state index >= 15 is 0 Å². The van der Waals surface area contributed by atoms with Crippen LogP contribution in [0, 0.1) is 0 Å². The maximum absolute atomic E-state index is 5.26. The van der Waals surface area contributed by atoms with Crippen LogP contribution < -0.4 is 11.3 Å². The molecule has 0 fully saturated rings. The van der Waals surface area contributed by atoms with Gasteiger partial charge in [-0.1, -0.05) is 0 Å². The van der Waals surface area contributed by atoms with Crippen molar-refractivity contribution in [3.8, 4) is 10.6 Å². The van der Waals surface area contributed by atoms with Crippen molar-refractivity contribution < 1.29 is 0 Å². The van der Waals surface area contributed by atoms with Gasteiger partial charge in [-0.15, -0.1) is 11.3 Å². The standard InChI is InChI=1S/C9H9N3S/c10-12-8-3-1-7(2-4-8)9-11-5-6-13-9/h1-6,12H,10H2. The average molecular weight is 191 g/mol. The minimum absolute atomic E-state index is 0.903. The number of aromatic nitrogens is 1. The number of hydrazine groups is 1. The SMILES string of the molecule is NNc1ccc(-c2nccs2)cc1. The lowest BCUT2D eigenvalue weighted by Crippen LogP contribution is -2.05. The molecule has 0 aliphatic carbocycles. The van der Waals surface area contributed by atoms with E-state index in [1.807, 2.05) is 29.6 Å². The molecule has 2 aromatic rings. The third-order valence-electron chi connectivity index (χ3n) is 1.73. The Morgan fingerprint density at radius 3 is 2.54 bits per heavy atom. The van der Waals surface area contributed by atoms with Gasteiger partial charge in [-0.25, -0.2) is 4.98 Å². The molecular formula is C9H9N3S. The number of rotatable bonds is 2. The zero-order valence-corrected chi connectivity index (χ0v) is 7.71. The summed E-state index contributed by atoms with van der Waals surface area (Å²) in [6.45, 7) is 0. The minimum Gasteiger partial charge on any atom is -0.324 e. The molecule has 0 spiro atoms. The summed E-state index contributed by atoms with van der Waals surface area (Å²) in [6.07, 6.45) is 1.80. The molecule has 66 valence electrons. The molecule has 4 heteroatoms. The third kappa shape index (κ3) is 1.68. The van der Waals surface area contributed by atoms with Crippen LogP contribution in [0.1, 0.15) is 0 Å². The number of benzene rings is 1. The molecule has 0 saturated heterocycles. The second kappa shape index (κ2) is 3.55. The Hall–Kier alpha value is -1.39. The molecule has 3 nitrogen and oxygen atoms in total. The first-order valence-electron chi connectivity index (χ1n) is 3.87. The van der Waals surface area contributed by atoms with E-state index in [4.69, 9.17) is 5.84 Å². The Kier molecular flexibility index (Phi) is 2.25. The van der Waals surface area contributed by atoms with E-state index in [-0.39, 0.29) is 0 Å². The van der Waals surface area contributed by atoms with Crippen LogP contribution in [0.5, 0.6) is 0 Å². The van der Waals surface area contributed by atoms with Crippen molar-refractivity contribution in [2.45, 2.75) is 0 Å². The molecule has 0 aliphatic rings. The molecule has 0 amide bonds. The van der Waals surface area contributed by atoms with Crippen LogP contribution >= 0.6 is 11.3 Å². The van der Waals surface area contributed by atoms with Gasteiger partial charge in [0.1, 0.15) is 5.01 Å². The van der Waals surface area contributed by atoms with Crippen molar-refractivity contribution >= 4 is 17.0 Å². The monoisotopic (exact) mass is 191 g/mol. The zero-order chi connectivity index (χ0) is 9.10. The first kappa shape index (κ1) is 8.22. The van der Waals surface area contributed by atoms with Crippen molar-refractivity contribution in [3.63, 3.8) is 0 Å². The molecule has 1 aromatic carbocycles. The normalized spacial score (nSPS) is 9.92. The Morgan fingerprint density at radius 2 is 2.00 bits per heavy atom.